The molecule has 2 aromatic rings. The second kappa shape index (κ2) is 6.63. The fraction of sp³-hybridized carbons (Fsp3) is 0.357. The van der Waals surface area contributed by atoms with Crippen LogP contribution < -0.4 is 5.32 Å². The summed E-state index contributed by atoms with van der Waals surface area (Å²) in [6.07, 6.45) is 2.30. The number of hydrogen-bond acceptors (Lipinski definition) is 7. The van der Waals surface area contributed by atoms with Crippen LogP contribution in [0.1, 0.15) is 30.7 Å². The maximum absolute atomic E-state index is 12.2. The molecule has 120 valence electrons. The Kier molecular flexibility index (Phi) is 4.58. The van der Waals surface area contributed by atoms with E-state index >= 15 is 0 Å². The van der Waals surface area contributed by atoms with Crippen LogP contribution in [0.25, 0.3) is 0 Å². The Balaban J connectivity index is 1.56. The number of hydrogen-bond donors (Lipinski definition) is 1. The summed E-state index contributed by atoms with van der Waals surface area (Å²) in [6, 6.07) is 6.14. The van der Waals surface area contributed by atoms with E-state index in [0.29, 0.717) is 11.0 Å². The highest BCUT2D eigenvalue weighted by Gasteiger charge is 2.28. The fourth-order valence-corrected chi connectivity index (χ4v) is 3.67. The highest BCUT2D eigenvalue weighted by molar-refractivity contribution is 8.00. The van der Waals surface area contributed by atoms with Crippen LogP contribution in [0, 0.1) is 10.1 Å². The number of non-ortho nitro benzene ring substituents is 1. The third-order valence-corrected chi connectivity index (χ3v) is 5.44. The van der Waals surface area contributed by atoms with E-state index in [-0.39, 0.29) is 16.8 Å². The van der Waals surface area contributed by atoms with Gasteiger partial charge in [0.25, 0.3) is 5.69 Å². The normalized spacial score (nSPS) is 15.2. The van der Waals surface area contributed by atoms with Gasteiger partial charge in [0, 0.05) is 22.9 Å². The molecular formula is C14H14N4O3S2. The summed E-state index contributed by atoms with van der Waals surface area (Å²) in [5.74, 6) is 0.358. The number of nitrogens with one attached hydrogen (secondary N) is 1. The average Bonchev–Trinajstić information content (AvgIpc) is 3.28. The molecule has 1 saturated carbocycles. The predicted octanol–water partition coefficient (Wildman–Crippen LogP) is 3.44. The first-order valence-electron chi connectivity index (χ1n) is 7.08. The molecule has 1 unspecified atom stereocenters. The minimum absolute atomic E-state index is 0.0351. The number of thioether (sulfide) groups is 1. The number of nitrogens with zero attached hydrogens (tertiary/aromatic N) is 3. The summed E-state index contributed by atoms with van der Waals surface area (Å²) >= 11 is 2.76. The lowest BCUT2D eigenvalue weighted by Gasteiger charge is -2.09. The Morgan fingerprint density at radius 3 is 2.70 bits per heavy atom. The summed E-state index contributed by atoms with van der Waals surface area (Å²) in [5, 5.41) is 22.6. The molecule has 9 heteroatoms. The van der Waals surface area contributed by atoms with E-state index in [1.807, 2.05) is 0 Å². The molecule has 0 aliphatic heterocycles. The van der Waals surface area contributed by atoms with Crippen LogP contribution in [0.2, 0.25) is 0 Å². The topological polar surface area (TPSA) is 98.0 Å². The molecule has 1 heterocycles. The van der Waals surface area contributed by atoms with E-state index < -0.39 is 4.92 Å². The van der Waals surface area contributed by atoms with Crippen molar-refractivity contribution in [1.82, 2.24) is 10.2 Å². The third-order valence-electron chi connectivity index (χ3n) is 3.33. The minimum atomic E-state index is -0.447. The minimum Gasteiger partial charge on any atom is -0.300 e. The molecular weight excluding hydrogens is 336 g/mol. The van der Waals surface area contributed by atoms with Crippen molar-refractivity contribution >= 4 is 39.8 Å². The number of nitro benzene ring substituents is 1. The molecule has 1 aromatic heterocycles. The molecule has 0 radical (unpaired) electrons. The smallest absolute Gasteiger partial charge is 0.269 e. The van der Waals surface area contributed by atoms with Gasteiger partial charge in [-0.05, 0) is 31.9 Å². The molecule has 0 saturated heterocycles. The van der Waals surface area contributed by atoms with Gasteiger partial charge in [0.1, 0.15) is 5.01 Å². The number of rotatable bonds is 6. The van der Waals surface area contributed by atoms with Gasteiger partial charge in [-0.25, -0.2) is 0 Å². The molecule has 1 amide bonds. The summed E-state index contributed by atoms with van der Waals surface area (Å²) in [6.45, 7) is 1.78. The Hall–Kier alpha value is -2.00. The van der Waals surface area contributed by atoms with Crippen LogP contribution >= 0.6 is 23.1 Å². The number of benzene rings is 1. The fourth-order valence-electron chi connectivity index (χ4n) is 1.89. The Morgan fingerprint density at radius 2 is 2.09 bits per heavy atom. The van der Waals surface area contributed by atoms with Crippen molar-refractivity contribution in [2.75, 3.05) is 5.32 Å². The third kappa shape index (κ3) is 4.05. The van der Waals surface area contributed by atoms with E-state index in [4.69, 9.17) is 0 Å². The van der Waals surface area contributed by atoms with Gasteiger partial charge >= 0.3 is 0 Å². The number of amides is 1. The van der Waals surface area contributed by atoms with Gasteiger partial charge in [-0.15, -0.1) is 22.0 Å². The van der Waals surface area contributed by atoms with Crippen LogP contribution in [-0.2, 0) is 4.79 Å². The van der Waals surface area contributed by atoms with E-state index in [0.717, 1.165) is 22.7 Å². The second-order valence-electron chi connectivity index (χ2n) is 5.22. The van der Waals surface area contributed by atoms with Gasteiger partial charge in [-0.3, -0.25) is 20.2 Å². The molecule has 0 spiro atoms. The standard InChI is InChI=1S/C14H14N4O3S2/c1-8(22-11-6-4-10(5-7-11)18(20)21)12(19)15-14-17-16-13(23-14)9-2-3-9/h4-9H,2-3H2,1H3,(H,15,17,19). The Labute approximate surface area is 140 Å². The van der Waals surface area contributed by atoms with Crippen molar-refractivity contribution < 1.29 is 9.72 Å². The Bertz CT molecular complexity index is 728. The summed E-state index contributed by atoms with van der Waals surface area (Å²) < 4.78 is 0. The maximum atomic E-state index is 12.2. The highest BCUT2D eigenvalue weighted by atomic mass is 32.2. The second-order valence-corrected chi connectivity index (χ2v) is 7.64. The maximum Gasteiger partial charge on any atom is 0.269 e. The van der Waals surface area contributed by atoms with E-state index in [1.54, 1.807) is 19.1 Å². The first kappa shape index (κ1) is 15.9. The van der Waals surface area contributed by atoms with Crippen LogP contribution in [0.5, 0.6) is 0 Å². The van der Waals surface area contributed by atoms with E-state index in [2.05, 4.69) is 15.5 Å². The van der Waals surface area contributed by atoms with Gasteiger partial charge in [0.2, 0.25) is 11.0 Å². The van der Waals surface area contributed by atoms with Gasteiger partial charge in [-0.1, -0.05) is 11.3 Å². The quantitative estimate of drug-likeness (QED) is 0.487. The largest absolute Gasteiger partial charge is 0.300 e. The molecule has 1 N–H and O–H groups in total. The Morgan fingerprint density at radius 1 is 1.39 bits per heavy atom. The van der Waals surface area contributed by atoms with Gasteiger partial charge in [0.05, 0.1) is 10.2 Å². The highest BCUT2D eigenvalue weighted by Crippen LogP contribution is 2.42. The number of carbonyl (C=O) groups excluding carboxylic acids is 1. The molecule has 1 aromatic carbocycles. The number of aromatic nitrogens is 2. The van der Waals surface area contributed by atoms with Gasteiger partial charge < -0.3 is 0 Å². The summed E-state index contributed by atoms with van der Waals surface area (Å²) in [4.78, 5) is 23.2. The van der Waals surface area contributed by atoms with Crippen LogP contribution in [0.4, 0.5) is 10.8 Å². The molecule has 0 bridgehead atoms. The lowest BCUT2D eigenvalue weighted by atomic mass is 10.3. The summed E-state index contributed by atoms with van der Waals surface area (Å²) in [5.41, 5.74) is 0.0351. The molecule has 3 rings (SSSR count). The first-order chi connectivity index (χ1) is 11.0. The van der Waals surface area contributed by atoms with Gasteiger partial charge in [0.15, 0.2) is 0 Å². The van der Waals surface area contributed by atoms with Crippen LogP contribution in [0.3, 0.4) is 0 Å². The first-order valence-corrected chi connectivity index (χ1v) is 8.78. The SMILES string of the molecule is CC(Sc1ccc([N+](=O)[O-])cc1)C(=O)Nc1nnc(C2CC2)s1. The molecule has 1 atom stereocenters. The van der Waals surface area contributed by atoms with Crippen molar-refractivity contribution in [2.45, 2.75) is 35.8 Å². The van der Waals surface area contributed by atoms with E-state index in [1.165, 1.54) is 35.2 Å². The van der Waals surface area contributed by atoms with Gasteiger partial charge in [-0.2, -0.15) is 0 Å². The molecule has 7 nitrogen and oxygen atoms in total. The molecule has 1 fully saturated rings. The van der Waals surface area contributed by atoms with Crippen molar-refractivity contribution in [3.05, 3.63) is 39.4 Å². The van der Waals surface area contributed by atoms with Crippen LogP contribution in [-0.4, -0.2) is 26.3 Å². The zero-order chi connectivity index (χ0) is 16.4. The summed E-state index contributed by atoms with van der Waals surface area (Å²) in [7, 11) is 0. The van der Waals surface area contributed by atoms with E-state index in [9.17, 15) is 14.9 Å². The predicted molar refractivity (Wildman–Crippen MR) is 88.9 cm³/mol. The van der Waals surface area contributed by atoms with Crippen molar-refractivity contribution in [3.63, 3.8) is 0 Å². The van der Waals surface area contributed by atoms with Crippen molar-refractivity contribution in [3.8, 4) is 0 Å². The van der Waals surface area contributed by atoms with Crippen molar-refractivity contribution in [2.24, 2.45) is 0 Å². The number of anilines is 1. The number of nitro groups is 1. The monoisotopic (exact) mass is 350 g/mol. The lowest BCUT2D eigenvalue weighted by molar-refractivity contribution is -0.384. The van der Waals surface area contributed by atoms with Crippen LogP contribution in [0.15, 0.2) is 29.2 Å². The molecule has 23 heavy (non-hydrogen) atoms. The number of carbonyl (C=O) groups is 1. The molecule has 1 aliphatic rings. The van der Waals surface area contributed by atoms with Crippen molar-refractivity contribution in [1.29, 1.82) is 0 Å². The average molecular weight is 350 g/mol. The zero-order valence-electron chi connectivity index (χ0n) is 12.3. The molecule has 1 aliphatic carbocycles. The lowest BCUT2D eigenvalue weighted by Crippen LogP contribution is -2.22. The zero-order valence-corrected chi connectivity index (χ0v) is 13.9.